The Morgan fingerprint density at radius 2 is 1.92 bits per heavy atom. The Hall–Kier alpha value is -2.40. The molecule has 3 rings (SSSR count). The van der Waals surface area contributed by atoms with E-state index in [4.69, 9.17) is 0 Å². The van der Waals surface area contributed by atoms with Crippen molar-refractivity contribution in [1.29, 1.82) is 0 Å². The maximum absolute atomic E-state index is 13.6. The third-order valence-corrected chi connectivity index (χ3v) is 4.51. The van der Waals surface area contributed by atoms with Crippen LogP contribution in [0, 0.1) is 5.82 Å². The lowest BCUT2D eigenvalue weighted by Gasteiger charge is -2.38. The molecule has 5 heteroatoms. The molecule has 1 aliphatic heterocycles. The highest BCUT2D eigenvalue weighted by atomic mass is 19.1. The molecule has 0 bridgehead atoms. The van der Waals surface area contributed by atoms with Gasteiger partial charge in [0.05, 0.1) is 12.1 Å². The summed E-state index contributed by atoms with van der Waals surface area (Å²) in [5, 5.41) is 20.0. The molecule has 4 nitrogen and oxygen atoms in total. The van der Waals surface area contributed by atoms with Crippen LogP contribution in [0.4, 0.5) is 4.39 Å². The molecule has 0 spiro atoms. The number of carbonyl (C=O) groups excluding carboxylic acids is 1. The van der Waals surface area contributed by atoms with E-state index in [2.05, 4.69) is 0 Å². The standard InChI is InChI=1S/C19H20FNO3/c20-15-12-14(9-10-17(15)22)19(24)21-11-5-4-8-16(21)18(23)13-6-2-1-3-7-13/h1-3,6-7,9-10,12,16,18,22-23H,4-5,8,11H2. The molecule has 0 saturated carbocycles. The van der Waals surface area contributed by atoms with Crippen molar-refractivity contribution in [3.63, 3.8) is 0 Å². The summed E-state index contributed by atoms with van der Waals surface area (Å²) in [5.41, 5.74) is 0.941. The quantitative estimate of drug-likeness (QED) is 0.908. The van der Waals surface area contributed by atoms with Crippen molar-refractivity contribution in [3.8, 4) is 5.75 Å². The van der Waals surface area contributed by atoms with Crippen LogP contribution in [-0.2, 0) is 0 Å². The van der Waals surface area contributed by atoms with Crippen LogP contribution in [0.3, 0.4) is 0 Å². The van der Waals surface area contributed by atoms with Gasteiger partial charge in [0.2, 0.25) is 0 Å². The average Bonchev–Trinajstić information content (AvgIpc) is 2.63. The number of benzene rings is 2. The summed E-state index contributed by atoms with van der Waals surface area (Å²) in [6.45, 7) is 0.524. The highest BCUT2D eigenvalue weighted by Crippen LogP contribution is 2.30. The fourth-order valence-corrected chi connectivity index (χ4v) is 3.22. The molecule has 126 valence electrons. The summed E-state index contributed by atoms with van der Waals surface area (Å²) in [6.07, 6.45) is 1.70. The molecule has 1 fully saturated rings. The third-order valence-electron chi connectivity index (χ3n) is 4.51. The fourth-order valence-electron chi connectivity index (χ4n) is 3.22. The number of halogens is 1. The Balaban J connectivity index is 1.86. The maximum Gasteiger partial charge on any atom is 0.254 e. The number of nitrogens with zero attached hydrogens (tertiary/aromatic N) is 1. The number of hydrogen-bond donors (Lipinski definition) is 2. The number of likely N-dealkylation sites (tertiary alicyclic amines) is 1. The number of phenols is 1. The van der Waals surface area contributed by atoms with Gasteiger partial charge in [0, 0.05) is 12.1 Å². The molecule has 0 radical (unpaired) electrons. The zero-order valence-corrected chi connectivity index (χ0v) is 13.2. The van der Waals surface area contributed by atoms with Gasteiger partial charge >= 0.3 is 0 Å². The Labute approximate surface area is 140 Å². The number of aliphatic hydroxyl groups excluding tert-OH is 1. The SMILES string of the molecule is O=C(c1ccc(O)c(F)c1)N1CCCCC1C(O)c1ccccc1. The van der Waals surface area contributed by atoms with Crippen LogP contribution in [0.1, 0.15) is 41.3 Å². The van der Waals surface area contributed by atoms with Crippen LogP contribution >= 0.6 is 0 Å². The minimum absolute atomic E-state index is 0.178. The summed E-state index contributed by atoms with van der Waals surface area (Å²) < 4.78 is 13.6. The van der Waals surface area contributed by atoms with Gasteiger partial charge in [-0.25, -0.2) is 4.39 Å². The topological polar surface area (TPSA) is 60.8 Å². The maximum atomic E-state index is 13.6. The van der Waals surface area contributed by atoms with Crippen LogP contribution in [-0.4, -0.2) is 33.6 Å². The lowest BCUT2D eigenvalue weighted by Crippen LogP contribution is -2.46. The van der Waals surface area contributed by atoms with E-state index >= 15 is 0 Å². The van der Waals surface area contributed by atoms with E-state index in [1.807, 2.05) is 30.3 Å². The molecule has 1 aliphatic rings. The van der Waals surface area contributed by atoms with Crippen molar-refractivity contribution in [2.24, 2.45) is 0 Å². The number of hydrogen-bond acceptors (Lipinski definition) is 3. The molecule has 2 aromatic carbocycles. The van der Waals surface area contributed by atoms with Gasteiger partial charge in [-0.05, 0) is 43.0 Å². The van der Waals surface area contributed by atoms with Crippen LogP contribution < -0.4 is 0 Å². The first-order valence-corrected chi connectivity index (χ1v) is 8.10. The molecule has 1 amide bonds. The molecular weight excluding hydrogens is 309 g/mol. The molecule has 2 aromatic rings. The second-order valence-corrected chi connectivity index (χ2v) is 6.08. The molecule has 0 aliphatic carbocycles. The molecule has 2 unspecified atom stereocenters. The van der Waals surface area contributed by atoms with E-state index in [1.165, 1.54) is 12.1 Å². The summed E-state index contributed by atoms with van der Waals surface area (Å²) in [5.74, 6) is -1.63. The first-order valence-electron chi connectivity index (χ1n) is 8.10. The van der Waals surface area contributed by atoms with E-state index in [9.17, 15) is 19.4 Å². The van der Waals surface area contributed by atoms with Gasteiger partial charge in [-0.3, -0.25) is 4.79 Å². The normalized spacial score (nSPS) is 19.1. The molecule has 1 saturated heterocycles. The van der Waals surface area contributed by atoms with Crippen molar-refractivity contribution >= 4 is 5.91 Å². The van der Waals surface area contributed by atoms with Gasteiger partial charge in [-0.1, -0.05) is 30.3 Å². The summed E-state index contributed by atoms with van der Waals surface area (Å²) in [6, 6.07) is 12.5. The summed E-state index contributed by atoms with van der Waals surface area (Å²) in [7, 11) is 0. The van der Waals surface area contributed by atoms with E-state index in [1.54, 1.807) is 4.90 Å². The molecule has 24 heavy (non-hydrogen) atoms. The molecule has 2 N–H and O–H groups in total. The minimum atomic E-state index is -0.821. The van der Waals surface area contributed by atoms with Gasteiger partial charge in [-0.2, -0.15) is 0 Å². The zero-order valence-electron chi connectivity index (χ0n) is 13.2. The van der Waals surface area contributed by atoms with E-state index in [-0.39, 0.29) is 17.5 Å². The molecule has 1 heterocycles. The number of aliphatic hydroxyl groups is 1. The first-order chi connectivity index (χ1) is 11.6. The molecule has 0 aromatic heterocycles. The fraction of sp³-hybridized carbons (Fsp3) is 0.316. The number of carbonyl (C=O) groups is 1. The summed E-state index contributed by atoms with van der Waals surface area (Å²) in [4.78, 5) is 14.4. The largest absolute Gasteiger partial charge is 0.505 e. The van der Waals surface area contributed by atoms with Crippen molar-refractivity contribution in [3.05, 3.63) is 65.5 Å². The number of piperidine rings is 1. The minimum Gasteiger partial charge on any atom is -0.505 e. The van der Waals surface area contributed by atoms with Crippen LogP contribution in [0.15, 0.2) is 48.5 Å². The third kappa shape index (κ3) is 3.26. The van der Waals surface area contributed by atoms with Crippen molar-refractivity contribution in [2.75, 3.05) is 6.54 Å². The Bertz CT molecular complexity index is 720. The predicted octanol–water partition coefficient (Wildman–Crippen LogP) is 3.26. The first kappa shape index (κ1) is 16.5. The molecule has 2 atom stereocenters. The van der Waals surface area contributed by atoms with Crippen LogP contribution in [0.25, 0.3) is 0 Å². The lowest BCUT2D eigenvalue weighted by molar-refractivity contribution is 0.0211. The van der Waals surface area contributed by atoms with Crippen molar-refractivity contribution < 1.29 is 19.4 Å². The van der Waals surface area contributed by atoms with Gasteiger partial charge in [-0.15, -0.1) is 0 Å². The van der Waals surface area contributed by atoms with Gasteiger partial charge < -0.3 is 15.1 Å². The van der Waals surface area contributed by atoms with E-state index in [0.29, 0.717) is 13.0 Å². The zero-order chi connectivity index (χ0) is 17.1. The number of amides is 1. The highest BCUT2D eigenvalue weighted by Gasteiger charge is 2.33. The van der Waals surface area contributed by atoms with E-state index in [0.717, 1.165) is 24.5 Å². The Kier molecular flexibility index (Phi) is 4.81. The predicted molar refractivity (Wildman–Crippen MR) is 88.1 cm³/mol. The van der Waals surface area contributed by atoms with Crippen molar-refractivity contribution in [2.45, 2.75) is 31.4 Å². The number of rotatable bonds is 3. The Morgan fingerprint density at radius 1 is 1.17 bits per heavy atom. The van der Waals surface area contributed by atoms with Gasteiger partial charge in [0.25, 0.3) is 5.91 Å². The number of phenolic OH excluding ortho intramolecular Hbond substituents is 1. The second kappa shape index (κ2) is 7.01. The lowest BCUT2D eigenvalue weighted by atomic mass is 9.92. The molecular formula is C19H20FNO3. The van der Waals surface area contributed by atoms with Gasteiger partial charge in [0.1, 0.15) is 0 Å². The highest BCUT2D eigenvalue weighted by molar-refractivity contribution is 5.94. The average molecular weight is 329 g/mol. The van der Waals surface area contributed by atoms with Gasteiger partial charge in [0.15, 0.2) is 11.6 Å². The monoisotopic (exact) mass is 329 g/mol. The second-order valence-electron chi connectivity index (χ2n) is 6.08. The number of aromatic hydroxyl groups is 1. The van der Waals surface area contributed by atoms with Crippen LogP contribution in [0.5, 0.6) is 5.75 Å². The Morgan fingerprint density at radius 3 is 2.62 bits per heavy atom. The smallest absolute Gasteiger partial charge is 0.254 e. The van der Waals surface area contributed by atoms with Crippen LogP contribution in [0.2, 0.25) is 0 Å². The summed E-state index contributed by atoms with van der Waals surface area (Å²) >= 11 is 0. The van der Waals surface area contributed by atoms with E-state index < -0.39 is 17.7 Å². The van der Waals surface area contributed by atoms with Crippen molar-refractivity contribution in [1.82, 2.24) is 4.90 Å².